The zero-order chi connectivity index (χ0) is 18.8. The van der Waals surface area contributed by atoms with Crippen LogP contribution in [-0.4, -0.2) is 26.5 Å². The zero-order valence-electron chi connectivity index (χ0n) is 14.8. The number of aromatic nitrogens is 3. The van der Waals surface area contributed by atoms with Gasteiger partial charge in [0.2, 0.25) is 0 Å². The normalized spacial score (nSPS) is 13.2. The van der Waals surface area contributed by atoms with E-state index in [4.69, 9.17) is 8.94 Å². The molecule has 3 aromatic rings. The van der Waals surface area contributed by atoms with Gasteiger partial charge in [-0.2, -0.15) is 0 Å². The number of hydrogen-bond acceptors (Lipinski definition) is 6. The van der Waals surface area contributed by atoms with Crippen molar-refractivity contribution in [1.82, 2.24) is 20.0 Å². The first-order valence-corrected chi connectivity index (χ1v) is 8.76. The van der Waals surface area contributed by atoms with Crippen LogP contribution in [0, 0.1) is 6.92 Å². The van der Waals surface area contributed by atoms with Crippen LogP contribution in [0.15, 0.2) is 33.4 Å². The van der Waals surface area contributed by atoms with Gasteiger partial charge in [-0.15, -0.1) is 0 Å². The largest absolute Gasteiger partial charge is 0.467 e. The summed E-state index contributed by atoms with van der Waals surface area (Å²) >= 11 is 0. The zero-order valence-corrected chi connectivity index (χ0v) is 14.8. The molecular formula is C18H19N5O4. The minimum Gasteiger partial charge on any atom is -0.467 e. The summed E-state index contributed by atoms with van der Waals surface area (Å²) in [6, 6.07) is 5.16. The maximum Gasteiger partial charge on any atom is 0.292 e. The molecule has 0 aromatic carbocycles. The fourth-order valence-corrected chi connectivity index (χ4v) is 3.16. The molecule has 4 rings (SSSR count). The lowest BCUT2D eigenvalue weighted by Gasteiger charge is -2.16. The fourth-order valence-electron chi connectivity index (χ4n) is 3.16. The van der Waals surface area contributed by atoms with Crippen LogP contribution in [0.4, 0.5) is 5.82 Å². The van der Waals surface area contributed by atoms with E-state index in [2.05, 4.69) is 20.8 Å². The highest BCUT2D eigenvalue weighted by atomic mass is 16.5. The smallest absolute Gasteiger partial charge is 0.292 e. The molecule has 1 aliphatic heterocycles. The molecule has 0 saturated heterocycles. The first kappa shape index (κ1) is 17.1. The van der Waals surface area contributed by atoms with E-state index in [1.807, 2.05) is 4.57 Å². The number of carbonyl (C=O) groups is 2. The van der Waals surface area contributed by atoms with Gasteiger partial charge >= 0.3 is 0 Å². The summed E-state index contributed by atoms with van der Waals surface area (Å²) in [4.78, 5) is 29.6. The van der Waals surface area contributed by atoms with Gasteiger partial charge < -0.3 is 24.1 Å². The number of anilines is 1. The molecule has 2 N–H and O–H groups in total. The summed E-state index contributed by atoms with van der Waals surface area (Å²) in [5, 5.41) is 9.21. The van der Waals surface area contributed by atoms with Crippen LogP contribution in [0.2, 0.25) is 0 Å². The summed E-state index contributed by atoms with van der Waals surface area (Å²) in [5.74, 6) is 1.01. The standard InChI is InChI=1S/C18H19N5O4/c1-11-9-14(22-27-11)20-18(25)16-21-15(13-6-2-3-7-23(13)16)17(24)19-10-12-5-4-8-26-12/h4-5,8-9H,2-3,6-7,10H2,1H3,(H,19,24)(H,20,22,25). The number of nitrogens with one attached hydrogen (secondary N) is 2. The summed E-state index contributed by atoms with van der Waals surface area (Å²) in [6.45, 7) is 2.65. The van der Waals surface area contributed by atoms with Gasteiger partial charge in [0.25, 0.3) is 11.8 Å². The van der Waals surface area contributed by atoms with Crippen molar-refractivity contribution < 1.29 is 18.5 Å². The summed E-state index contributed by atoms with van der Waals surface area (Å²) < 4.78 is 12.0. The first-order valence-electron chi connectivity index (χ1n) is 8.76. The molecule has 0 bridgehead atoms. The molecule has 3 aromatic heterocycles. The Morgan fingerprint density at radius 3 is 2.93 bits per heavy atom. The fraction of sp³-hybridized carbons (Fsp3) is 0.333. The van der Waals surface area contributed by atoms with Crippen LogP contribution in [0.1, 0.15) is 51.2 Å². The molecular weight excluding hydrogens is 350 g/mol. The average molecular weight is 369 g/mol. The lowest BCUT2D eigenvalue weighted by Crippen LogP contribution is -2.25. The van der Waals surface area contributed by atoms with E-state index in [1.165, 1.54) is 0 Å². The Morgan fingerprint density at radius 2 is 2.19 bits per heavy atom. The third-order valence-corrected chi connectivity index (χ3v) is 4.41. The Bertz CT molecular complexity index is 970. The van der Waals surface area contributed by atoms with Gasteiger partial charge in [0.05, 0.1) is 18.5 Å². The molecule has 140 valence electrons. The molecule has 1 aliphatic rings. The Hall–Kier alpha value is -3.36. The minimum atomic E-state index is -0.420. The van der Waals surface area contributed by atoms with Crippen LogP contribution in [-0.2, 0) is 19.5 Å². The van der Waals surface area contributed by atoms with Crippen LogP contribution in [0.25, 0.3) is 0 Å². The second-order valence-electron chi connectivity index (χ2n) is 6.38. The second kappa shape index (κ2) is 7.10. The minimum absolute atomic E-state index is 0.202. The number of furan rings is 1. The predicted octanol–water partition coefficient (Wildman–Crippen LogP) is 2.29. The number of amides is 2. The van der Waals surface area contributed by atoms with Crippen molar-refractivity contribution in [2.45, 2.75) is 39.3 Å². The van der Waals surface area contributed by atoms with Crippen molar-refractivity contribution in [1.29, 1.82) is 0 Å². The number of fused-ring (bicyclic) bond motifs is 1. The van der Waals surface area contributed by atoms with Gasteiger partial charge in [-0.1, -0.05) is 5.16 Å². The molecule has 4 heterocycles. The van der Waals surface area contributed by atoms with Gasteiger partial charge in [-0.3, -0.25) is 9.59 Å². The molecule has 0 fully saturated rings. The molecule has 0 radical (unpaired) electrons. The van der Waals surface area contributed by atoms with Crippen LogP contribution in [0.5, 0.6) is 0 Å². The van der Waals surface area contributed by atoms with Gasteiger partial charge in [-0.05, 0) is 38.3 Å². The molecule has 9 nitrogen and oxygen atoms in total. The van der Waals surface area contributed by atoms with Crippen molar-refractivity contribution >= 4 is 17.6 Å². The van der Waals surface area contributed by atoms with E-state index in [0.717, 1.165) is 18.5 Å². The Morgan fingerprint density at radius 1 is 1.30 bits per heavy atom. The monoisotopic (exact) mass is 369 g/mol. The number of aryl methyl sites for hydroxylation is 1. The third kappa shape index (κ3) is 3.48. The SMILES string of the molecule is Cc1cc(NC(=O)c2nc(C(=O)NCc3ccco3)c3n2CCCC3)no1. The third-order valence-electron chi connectivity index (χ3n) is 4.41. The summed E-state index contributed by atoms with van der Waals surface area (Å²) in [6.07, 6.45) is 4.13. The number of nitrogens with zero attached hydrogens (tertiary/aromatic N) is 3. The summed E-state index contributed by atoms with van der Waals surface area (Å²) in [5.41, 5.74) is 1.06. The average Bonchev–Trinajstić information content (AvgIpc) is 3.39. The van der Waals surface area contributed by atoms with Crippen molar-refractivity contribution in [3.8, 4) is 0 Å². The highest BCUT2D eigenvalue weighted by molar-refractivity contribution is 6.03. The molecule has 0 atom stereocenters. The molecule has 2 amide bonds. The van der Waals surface area contributed by atoms with E-state index in [-0.39, 0.29) is 24.0 Å². The Kier molecular flexibility index (Phi) is 4.49. The second-order valence-corrected chi connectivity index (χ2v) is 6.38. The van der Waals surface area contributed by atoms with Gasteiger partial charge in [0, 0.05) is 12.6 Å². The highest BCUT2D eigenvalue weighted by Gasteiger charge is 2.27. The van der Waals surface area contributed by atoms with E-state index in [0.29, 0.717) is 30.3 Å². The van der Waals surface area contributed by atoms with E-state index >= 15 is 0 Å². The van der Waals surface area contributed by atoms with Gasteiger partial charge in [-0.25, -0.2) is 4.98 Å². The molecule has 0 unspecified atom stereocenters. The van der Waals surface area contributed by atoms with Crippen molar-refractivity contribution in [3.05, 3.63) is 53.2 Å². The number of imidazole rings is 1. The Balaban J connectivity index is 1.57. The van der Waals surface area contributed by atoms with E-state index in [1.54, 1.807) is 31.4 Å². The summed E-state index contributed by atoms with van der Waals surface area (Å²) in [7, 11) is 0. The quantitative estimate of drug-likeness (QED) is 0.713. The highest BCUT2D eigenvalue weighted by Crippen LogP contribution is 2.22. The maximum atomic E-state index is 12.7. The van der Waals surface area contributed by atoms with Gasteiger partial charge in [0.1, 0.15) is 17.2 Å². The molecule has 27 heavy (non-hydrogen) atoms. The predicted molar refractivity (Wildman–Crippen MR) is 94.2 cm³/mol. The number of carbonyl (C=O) groups excluding carboxylic acids is 2. The molecule has 0 saturated carbocycles. The number of rotatable bonds is 5. The van der Waals surface area contributed by atoms with Crippen molar-refractivity contribution in [2.24, 2.45) is 0 Å². The van der Waals surface area contributed by atoms with E-state index < -0.39 is 5.91 Å². The Labute approximate surface area is 154 Å². The van der Waals surface area contributed by atoms with Crippen molar-refractivity contribution in [2.75, 3.05) is 5.32 Å². The van der Waals surface area contributed by atoms with Gasteiger partial charge in [0.15, 0.2) is 11.6 Å². The lowest BCUT2D eigenvalue weighted by atomic mass is 10.1. The maximum absolute atomic E-state index is 12.7. The molecule has 9 heteroatoms. The van der Waals surface area contributed by atoms with Crippen molar-refractivity contribution in [3.63, 3.8) is 0 Å². The van der Waals surface area contributed by atoms with Crippen LogP contribution in [0.3, 0.4) is 0 Å². The van der Waals surface area contributed by atoms with Crippen LogP contribution >= 0.6 is 0 Å². The molecule has 0 aliphatic carbocycles. The first-order chi connectivity index (χ1) is 13.1. The molecule has 0 spiro atoms. The van der Waals surface area contributed by atoms with E-state index in [9.17, 15) is 9.59 Å². The topological polar surface area (TPSA) is 115 Å². The lowest BCUT2D eigenvalue weighted by molar-refractivity contribution is 0.0942. The van der Waals surface area contributed by atoms with Crippen LogP contribution < -0.4 is 10.6 Å². The number of hydrogen-bond donors (Lipinski definition) is 2.